The fourth-order valence-electron chi connectivity index (χ4n) is 1.62. The monoisotopic (exact) mass is 217 g/mol. The van der Waals surface area contributed by atoms with Gasteiger partial charge in [-0.15, -0.1) is 0 Å². The number of carbonyl (C=O) groups is 1. The molecule has 1 atom stereocenters. The summed E-state index contributed by atoms with van der Waals surface area (Å²) >= 11 is 0. The van der Waals surface area contributed by atoms with Gasteiger partial charge in [-0.1, -0.05) is 36.9 Å². The molecule has 0 spiro atoms. The molecule has 0 radical (unpaired) electrons. The smallest absolute Gasteiger partial charge is 0.174 e. The molecule has 0 amide bonds. The van der Waals surface area contributed by atoms with E-state index in [0.29, 0.717) is 5.57 Å². The molecule has 1 aromatic carbocycles. The summed E-state index contributed by atoms with van der Waals surface area (Å²) in [5.41, 5.74) is 7.61. The molecule has 86 valence electrons. The largest absolute Gasteiger partial charge is 0.321 e. The van der Waals surface area contributed by atoms with Gasteiger partial charge in [-0.05, 0) is 37.3 Å². The van der Waals surface area contributed by atoms with Crippen molar-refractivity contribution in [3.8, 4) is 0 Å². The third-order valence-corrected chi connectivity index (χ3v) is 2.58. The van der Waals surface area contributed by atoms with Gasteiger partial charge in [-0.2, -0.15) is 0 Å². The summed E-state index contributed by atoms with van der Waals surface area (Å²) in [6, 6.07) is 9.84. The Hall–Kier alpha value is -1.41. The molecule has 0 bridgehead atoms. The molecule has 1 rings (SSSR count). The first-order valence-corrected chi connectivity index (χ1v) is 5.60. The van der Waals surface area contributed by atoms with Crippen molar-refractivity contribution in [3.05, 3.63) is 48.0 Å². The molecule has 2 heteroatoms. The van der Waals surface area contributed by atoms with Crippen LogP contribution in [0.15, 0.2) is 42.5 Å². The third kappa shape index (κ3) is 3.99. The van der Waals surface area contributed by atoms with E-state index in [1.165, 1.54) is 5.56 Å². The molecule has 0 aliphatic carbocycles. The Labute approximate surface area is 97.2 Å². The SMILES string of the molecule is C=C(C)C(=O)[C@@H](N)CCCc1ccccc1. The normalized spacial score (nSPS) is 12.1. The first-order chi connectivity index (χ1) is 7.61. The Balaban J connectivity index is 2.31. The minimum Gasteiger partial charge on any atom is -0.321 e. The van der Waals surface area contributed by atoms with E-state index in [1.54, 1.807) is 6.92 Å². The highest BCUT2D eigenvalue weighted by Crippen LogP contribution is 2.07. The van der Waals surface area contributed by atoms with E-state index < -0.39 is 0 Å². The standard InChI is InChI=1S/C14H19NO/c1-11(2)14(16)13(15)10-6-9-12-7-4-3-5-8-12/h3-5,7-8,13H,1,6,9-10,15H2,2H3/t13-/m0/s1. The lowest BCUT2D eigenvalue weighted by molar-refractivity contribution is -0.116. The maximum Gasteiger partial charge on any atom is 0.174 e. The summed E-state index contributed by atoms with van der Waals surface area (Å²) in [6.07, 6.45) is 2.63. The fraction of sp³-hybridized carbons (Fsp3) is 0.357. The molecule has 0 aliphatic heterocycles. The van der Waals surface area contributed by atoms with E-state index in [0.717, 1.165) is 19.3 Å². The average Bonchev–Trinajstić information content (AvgIpc) is 2.29. The molecule has 2 N–H and O–H groups in total. The lowest BCUT2D eigenvalue weighted by Crippen LogP contribution is -2.30. The number of carbonyl (C=O) groups excluding carboxylic acids is 1. The molecule has 0 unspecified atom stereocenters. The summed E-state index contributed by atoms with van der Waals surface area (Å²) in [4.78, 5) is 11.5. The zero-order chi connectivity index (χ0) is 12.0. The van der Waals surface area contributed by atoms with Crippen molar-refractivity contribution in [1.29, 1.82) is 0 Å². The zero-order valence-electron chi connectivity index (χ0n) is 9.78. The molecular weight excluding hydrogens is 198 g/mol. The highest BCUT2D eigenvalue weighted by atomic mass is 16.1. The second-order valence-corrected chi connectivity index (χ2v) is 4.13. The van der Waals surface area contributed by atoms with E-state index >= 15 is 0 Å². The van der Waals surface area contributed by atoms with Gasteiger partial charge in [-0.3, -0.25) is 4.79 Å². The summed E-state index contributed by atoms with van der Waals surface area (Å²) in [6.45, 7) is 5.32. The van der Waals surface area contributed by atoms with Gasteiger partial charge >= 0.3 is 0 Å². The summed E-state index contributed by atoms with van der Waals surface area (Å²) in [7, 11) is 0. The van der Waals surface area contributed by atoms with Crippen molar-refractivity contribution in [2.24, 2.45) is 5.73 Å². The van der Waals surface area contributed by atoms with Crippen molar-refractivity contribution in [1.82, 2.24) is 0 Å². The van der Waals surface area contributed by atoms with Crippen LogP contribution in [0.2, 0.25) is 0 Å². The zero-order valence-corrected chi connectivity index (χ0v) is 9.78. The van der Waals surface area contributed by atoms with Crippen LogP contribution in [0.5, 0.6) is 0 Å². The van der Waals surface area contributed by atoms with Gasteiger partial charge in [0.05, 0.1) is 6.04 Å². The van der Waals surface area contributed by atoms with E-state index in [1.807, 2.05) is 18.2 Å². The van der Waals surface area contributed by atoms with Crippen LogP contribution >= 0.6 is 0 Å². The minimum atomic E-state index is -0.388. The lowest BCUT2D eigenvalue weighted by Gasteiger charge is -2.09. The molecule has 2 nitrogen and oxygen atoms in total. The summed E-state index contributed by atoms with van der Waals surface area (Å²) in [5.74, 6) is -0.0203. The van der Waals surface area contributed by atoms with Crippen molar-refractivity contribution in [3.63, 3.8) is 0 Å². The van der Waals surface area contributed by atoms with Crippen LogP contribution in [0, 0.1) is 0 Å². The third-order valence-electron chi connectivity index (χ3n) is 2.58. The van der Waals surface area contributed by atoms with Crippen LogP contribution in [-0.2, 0) is 11.2 Å². The van der Waals surface area contributed by atoms with E-state index in [9.17, 15) is 4.79 Å². The van der Waals surface area contributed by atoms with Gasteiger partial charge in [-0.25, -0.2) is 0 Å². The van der Waals surface area contributed by atoms with Crippen molar-refractivity contribution in [2.75, 3.05) is 0 Å². The number of rotatable bonds is 6. The molecule has 0 fully saturated rings. The molecule has 16 heavy (non-hydrogen) atoms. The van der Waals surface area contributed by atoms with Crippen LogP contribution in [0.3, 0.4) is 0 Å². The highest BCUT2D eigenvalue weighted by molar-refractivity contribution is 5.98. The predicted molar refractivity (Wildman–Crippen MR) is 67.2 cm³/mol. The molecule has 1 aromatic rings. The van der Waals surface area contributed by atoms with E-state index in [-0.39, 0.29) is 11.8 Å². The van der Waals surface area contributed by atoms with Crippen LogP contribution in [0.1, 0.15) is 25.3 Å². The molecule has 0 saturated carbocycles. The predicted octanol–water partition coefficient (Wildman–Crippen LogP) is 2.48. The van der Waals surface area contributed by atoms with Gasteiger partial charge < -0.3 is 5.73 Å². The Kier molecular flexibility index (Phi) is 4.93. The number of ketones is 1. The molecule has 0 aliphatic rings. The maximum absolute atomic E-state index is 11.5. The van der Waals surface area contributed by atoms with Crippen LogP contribution in [-0.4, -0.2) is 11.8 Å². The van der Waals surface area contributed by atoms with Crippen molar-refractivity contribution >= 4 is 5.78 Å². The highest BCUT2D eigenvalue weighted by Gasteiger charge is 2.12. The number of hydrogen-bond acceptors (Lipinski definition) is 2. The van der Waals surface area contributed by atoms with Gasteiger partial charge in [0.25, 0.3) is 0 Å². The second kappa shape index (κ2) is 6.23. The number of nitrogens with two attached hydrogens (primary N) is 1. The minimum absolute atomic E-state index is 0.0203. The first-order valence-electron chi connectivity index (χ1n) is 5.60. The number of benzene rings is 1. The Bertz CT molecular complexity index is 356. The van der Waals surface area contributed by atoms with Gasteiger partial charge in [0.2, 0.25) is 0 Å². The summed E-state index contributed by atoms with van der Waals surface area (Å²) in [5, 5.41) is 0. The fourth-order valence-corrected chi connectivity index (χ4v) is 1.62. The Morgan fingerprint density at radius 3 is 2.56 bits per heavy atom. The summed E-state index contributed by atoms with van der Waals surface area (Å²) < 4.78 is 0. The van der Waals surface area contributed by atoms with Crippen molar-refractivity contribution in [2.45, 2.75) is 32.2 Å². The number of Topliss-reactive ketones (excluding diaryl/α,β-unsaturated/α-hetero) is 1. The number of aryl methyl sites for hydroxylation is 1. The van der Waals surface area contributed by atoms with Gasteiger partial charge in [0.15, 0.2) is 5.78 Å². The Morgan fingerprint density at radius 2 is 2.00 bits per heavy atom. The number of hydrogen-bond donors (Lipinski definition) is 1. The van der Waals surface area contributed by atoms with Crippen LogP contribution in [0.4, 0.5) is 0 Å². The van der Waals surface area contributed by atoms with E-state index in [4.69, 9.17) is 5.73 Å². The van der Waals surface area contributed by atoms with Crippen LogP contribution < -0.4 is 5.73 Å². The molecule has 0 saturated heterocycles. The van der Waals surface area contributed by atoms with Gasteiger partial charge in [0, 0.05) is 0 Å². The van der Waals surface area contributed by atoms with E-state index in [2.05, 4.69) is 18.7 Å². The van der Waals surface area contributed by atoms with Gasteiger partial charge in [0.1, 0.15) is 0 Å². The lowest BCUT2D eigenvalue weighted by atomic mass is 10.00. The van der Waals surface area contributed by atoms with Crippen LogP contribution in [0.25, 0.3) is 0 Å². The second-order valence-electron chi connectivity index (χ2n) is 4.13. The molecule has 0 heterocycles. The molecule has 0 aromatic heterocycles. The topological polar surface area (TPSA) is 43.1 Å². The molecular formula is C14H19NO. The first kappa shape index (κ1) is 12.7. The Morgan fingerprint density at radius 1 is 1.38 bits per heavy atom. The maximum atomic E-state index is 11.5. The van der Waals surface area contributed by atoms with Crippen molar-refractivity contribution < 1.29 is 4.79 Å². The average molecular weight is 217 g/mol. The quantitative estimate of drug-likeness (QED) is 0.744.